The number of nitrogens with one attached hydrogen (secondary N) is 2. The Kier molecular flexibility index (Phi) is 9.68. The minimum atomic E-state index is 0.130. The van der Waals surface area contributed by atoms with Crippen molar-refractivity contribution in [2.45, 2.75) is 33.7 Å². The summed E-state index contributed by atoms with van der Waals surface area (Å²) < 4.78 is 10.6. The van der Waals surface area contributed by atoms with Crippen molar-refractivity contribution in [1.29, 1.82) is 0 Å². The normalized spacial score (nSPS) is 11.6. The van der Waals surface area contributed by atoms with Gasteiger partial charge in [-0.3, -0.25) is 0 Å². The molecule has 0 fully saturated rings. The van der Waals surface area contributed by atoms with E-state index < -0.39 is 0 Å². The van der Waals surface area contributed by atoms with Gasteiger partial charge in [0.2, 0.25) is 0 Å². The molecule has 0 saturated carbocycles. The third-order valence-corrected chi connectivity index (χ3v) is 3.22. The van der Waals surface area contributed by atoms with Crippen molar-refractivity contribution in [2.75, 3.05) is 33.4 Å². The summed E-state index contributed by atoms with van der Waals surface area (Å²) in [5.74, 6) is 1.93. The van der Waals surface area contributed by atoms with Crippen molar-refractivity contribution in [3.05, 3.63) is 23.8 Å². The van der Waals surface area contributed by atoms with Crippen LogP contribution in [-0.2, 0) is 11.3 Å². The standard InChI is InChI=1S/C18H31N3O3/c1-5-19-18(20-9-6-10-24-13-14(2)3)21-12-15-7-8-17(23-4)16(22)11-15/h7-8,11,14,22H,5-6,9-10,12-13H2,1-4H3,(H2,19,20,21). The number of guanidine groups is 1. The van der Waals surface area contributed by atoms with E-state index in [9.17, 15) is 5.11 Å². The van der Waals surface area contributed by atoms with Gasteiger partial charge in [-0.1, -0.05) is 19.9 Å². The Hall–Kier alpha value is -1.95. The molecule has 0 aliphatic heterocycles. The predicted octanol–water partition coefficient (Wildman–Crippen LogP) is 2.52. The highest BCUT2D eigenvalue weighted by Gasteiger charge is 2.03. The summed E-state index contributed by atoms with van der Waals surface area (Å²) in [6, 6.07) is 5.31. The van der Waals surface area contributed by atoms with Crippen molar-refractivity contribution in [1.82, 2.24) is 10.6 Å². The van der Waals surface area contributed by atoms with Gasteiger partial charge in [-0.25, -0.2) is 4.99 Å². The third-order valence-electron chi connectivity index (χ3n) is 3.22. The van der Waals surface area contributed by atoms with Crippen LogP contribution in [0, 0.1) is 5.92 Å². The number of phenolic OH excluding ortho intramolecular Hbond substituents is 1. The first-order valence-electron chi connectivity index (χ1n) is 8.52. The third kappa shape index (κ3) is 8.06. The summed E-state index contributed by atoms with van der Waals surface area (Å²) in [7, 11) is 1.53. The zero-order valence-corrected chi connectivity index (χ0v) is 15.3. The van der Waals surface area contributed by atoms with Crippen LogP contribution in [0.3, 0.4) is 0 Å². The first-order chi connectivity index (χ1) is 11.6. The second-order valence-electron chi connectivity index (χ2n) is 5.95. The van der Waals surface area contributed by atoms with Crippen LogP contribution in [0.2, 0.25) is 0 Å². The molecule has 6 heteroatoms. The maximum absolute atomic E-state index is 9.80. The Morgan fingerprint density at radius 2 is 2.08 bits per heavy atom. The van der Waals surface area contributed by atoms with E-state index in [1.807, 2.05) is 13.0 Å². The SMILES string of the molecule is CCNC(=NCc1ccc(OC)c(O)c1)NCCCOCC(C)C. The van der Waals surface area contributed by atoms with E-state index in [-0.39, 0.29) is 5.75 Å². The van der Waals surface area contributed by atoms with Gasteiger partial charge in [0, 0.05) is 26.3 Å². The van der Waals surface area contributed by atoms with Crippen molar-refractivity contribution >= 4 is 5.96 Å². The van der Waals surface area contributed by atoms with Crippen LogP contribution >= 0.6 is 0 Å². The van der Waals surface area contributed by atoms with E-state index in [1.165, 1.54) is 7.11 Å². The van der Waals surface area contributed by atoms with E-state index in [0.29, 0.717) is 18.2 Å². The second-order valence-corrected chi connectivity index (χ2v) is 5.95. The van der Waals surface area contributed by atoms with Gasteiger partial charge in [0.15, 0.2) is 17.5 Å². The molecule has 3 N–H and O–H groups in total. The molecule has 136 valence electrons. The lowest BCUT2D eigenvalue weighted by atomic mass is 10.2. The van der Waals surface area contributed by atoms with Crippen molar-refractivity contribution in [2.24, 2.45) is 10.9 Å². The highest BCUT2D eigenvalue weighted by atomic mass is 16.5. The largest absolute Gasteiger partial charge is 0.504 e. The molecular weight excluding hydrogens is 306 g/mol. The quantitative estimate of drug-likeness (QED) is 0.347. The number of ether oxygens (including phenoxy) is 2. The van der Waals surface area contributed by atoms with Gasteiger partial charge < -0.3 is 25.2 Å². The summed E-state index contributed by atoms with van der Waals surface area (Å²) in [5.41, 5.74) is 0.922. The summed E-state index contributed by atoms with van der Waals surface area (Å²) in [4.78, 5) is 4.53. The summed E-state index contributed by atoms with van der Waals surface area (Å²) in [5, 5.41) is 16.3. The molecule has 0 radical (unpaired) electrons. The predicted molar refractivity (Wildman–Crippen MR) is 97.8 cm³/mol. The highest BCUT2D eigenvalue weighted by molar-refractivity contribution is 5.79. The second kappa shape index (κ2) is 11.6. The zero-order valence-electron chi connectivity index (χ0n) is 15.3. The van der Waals surface area contributed by atoms with Gasteiger partial charge in [0.1, 0.15) is 0 Å². The number of aromatic hydroxyl groups is 1. The molecule has 0 heterocycles. The summed E-state index contributed by atoms with van der Waals surface area (Å²) >= 11 is 0. The molecule has 0 aliphatic rings. The first-order valence-corrected chi connectivity index (χ1v) is 8.52. The van der Waals surface area contributed by atoms with E-state index >= 15 is 0 Å². The van der Waals surface area contributed by atoms with Crippen LogP contribution in [-0.4, -0.2) is 44.5 Å². The zero-order chi connectivity index (χ0) is 17.8. The molecular formula is C18H31N3O3. The van der Waals surface area contributed by atoms with Crippen molar-refractivity contribution in [3.63, 3.8) is 0 Å². The molecule has 0 amide bonds. The van der Waals surface area contributed by atoms with E-state index in [1.54, 1.807) is 12.1 Å². The first kappa shape index (κ1) is 20.1. The van der Waals surface area contributed by atoms with Crippen molar-refractivity contribution < 1.29 is 14.6 Å². The fourth-order valence-electron chi connectivity index (χ4n) is 2.05. The summed E-state index contributed by atoms with van der Waals surface area (Å²) in [6.45, 7) is 9.95. The molecule has 0 saturated heterocycles. The average molecular weight is 337 g/mol. The van der Waals surface area contributed by atoms with Gasteiger partial charge >= 0.3 is 0 Å². The van der Waals surface area contributed by atoms with Gasteiger partial charge in [0.05, 0.1) is 13.7 Å². The number of rotatable bonds is 10. The Labute approximate surface area is 145 Å². The summed E-state index contributed by atoms with van der Waals surface area (Å²) in [6.07, 6.45) is 0.931. The van der Waals surface area contributed by atoms with Crippen LogP contribution in [0.5, 0.6) is 11.5 Å². The Balaban J connectivity index is 2.43. The highest BCUT2D eigenvalue weighted by Crippen LogP contribution is 2.26. The van der Waals surface area contributed by atoms with E-state index in [2.05, 4.69) is 29.5 Å². The number of nitrogens with zero attached hydrogens (tertiary/aromatic N) is 1. The molecule has 1 rings (SSSR count). The lowest BCUT2D eigenvalue weighted by Crippen LogP contribution is -2.38. The molecule has 0 bridgehead atoms. The molecule has 24 heavy (non-hydrogen) atoms. The molecule has 1 aromatic rings. The Morgan fingerprint density at radius 3 is 2.71 bits per heavy atom. The number of phenols is 1. The lowest BCUT2D eigenvalue weighted by Gasteiger charge is -2.12. The van der Waals surface area contributed by atoms with Gasteiger partial charge in [-0.05, 0) is 37.0 Å². The van der Waals surface area contributed by atoms with Crippen LogP contribution in [0.15, 0.2) is 23.2 Å². The minimum absolute atomic E-state index is 0.130. The average Bonchev–Trinajstić information content (AvgIpc) is 2.55. The smallest absolute Gasteiger partial charge is 0.191 e. The maximum atomic E-state index is 9.80. The number of aliphatic imine (C=N–C) groups is 1. The number of benzene rings is 1. The Bertz CT molecular complexity index is 504. The fourth-order valence-corrected chi connectivity index (χ4v) is 2.05. The van der Waals surface area contributed by atoms with Crippen LogP contribution in [0.25, 0.3) is 0 Å². The van der Waals surface area contributed by atoms with Gasteiger partial charge in [-0.15, -0.1) is 0 Å². The molecule has 0 atom stereocenters. The fraction of sp³-hybridized carbons (Fsp3) is 0.611. The topological polar surface area (TPSA) is 75.1 Å². The number of hydrogen-bond acceptors (Lipinski definition) is 4. The Morgan fingerprint density at radius 1 is 1.29 bits per heavy atom. The molecule has 0 unspecified atom stereocenters. The minimum Gasteiger partial charge on any atom is -0.504 e. The molecule has 0 aliphatic carbocycles. The van der Waals surface area contributed by atoms with Gasteiger partial charge in [-0.2, -0.15) is 0 Å². The van der Waals surface area contributed by atoms with Crippen LogP contribution in [0.1, 0.15) is 32.8 Å². The van der Waals surface area contributed by atoms with Gasteiger partial charge in [0.25, 0.3) is 0 Å². The van der Waals surface area contributed by atoms with E-state index in [0.717, 1.165) is 44.2 Å². The van der Waals surface area contributed by atoms with Crippen LogP contribution in [0.4, 0.5) is 0 Å². The maximum Gasteiger partial charge on any atom is 0.191 e. The molecule has 0 spiro atoms. The number of methoxy groups -OCH3 is 1. The number of hydrogen-bond donors (Lipinski definition) is 3. The van der Waals surface area contributed by atoms with E-state index in [4.69, 9.17) is 9.47 Å². The van der Waals surface area contributed by atoms with Crippen molar-refractivity contribution in [3.8, 4) is 11.5 Å². The molecule has 6 nitrogen and oxygen atoms in total. The van der Waals surface area contributed by atoms with Crippen LogP contribution < -0.4 is 15.4 Å². The molecule has 0 aromatic heterocycles. The monoisotopic (exact) mass is 337 g/mol. The lowest BCUT2D eigenvalue weighted by molar-refractivity contribution is 0.108. The molecule has 1 aromatic carbocycles.